The molecule has 0 saturated carbocycles. The van der Waals surface area contributed by atoms with Crippen LogP contribution in [0.1, 0.15) is 42.5 Å². The minimum atomic E-state index is -5.08. The normalized spacial score (nSPS) is 16.7. The van der Waals surface area contributed by atoms with Crippen molar-refractivity contribution in [2.45, 2.75) is 64.2 Å². The summed E-state index contributed by atoms with van der Waals surface area (Å²) in [7, 11) is 0. The molecule has 2 aliphatic heterocycles. The van der Waals surface area contributed by atoms with Gasteiger partial charge in [-0.15, -0.1) is 0 Å². The minimum Gasteiger partial charge on any atom is -0.475 e. The summed E-state index contributed by atoms with van der Waals surface area (Å²) in [6, 6.07) is 15.3. The molecule has 18 heteroatoms. The predicted octanol–water partition coefficient (Wildman–Crippen LogP) is 6.17. The molecule has 9 nitrogen and oxygen atoms in total. The molecule has 0 atom stereocenters. The van der Waals surface area contributed by atoms with Crippen LogP contribution in [0.15, 0.2) is 48.7 Å². The predicted molar refractivity (Wildman–Crippen MR) is 148 cm³/mol. The summed E-state index contributed by atoms with van der Waals surface area (Å²) in [4.78, 5) is 36.5. The van der Waals surface area contributed by atoms with Crippen molar-refractivity contribution in [2.24, 2.45) is 5.41 Å². The summed E-state index contributed by atoms with van der Waals surface area (Å²) >= 11 is 0. The summed E-state index contributed by atoms with van der Waals surface area (Å²) in [5.41, 5.74) is 4.56. The molecule has 2 saturated heterocycles. The van der Waals surface area contributed by atoms with Gasteiger partial charge < -0.3 is 15.3 Å². The number of hydrogen-bond donors (Lipinski definition) is 3. The average Bonchev–Trinajstić information content (AvgIpc) is 2.96. The Morgan fingerprint density at radius 2 is 1.17 bits per heavy atom. The molecular formula is C29H34F9N3O6. The van der Waals surface area contributed by atoms with Gasteiger partial charge in [0.15, 0.2) is 0 Å². The van der Waals surface area contributed by atoms with Crippen LogP contribution in [0.25, 0.3) is 0 Å². The molecule has 2 aromatic rings. The number of pyridine rings is 1. The number of carboxylic acid groups (broad SMARTS) is 3. The van der Waals surface area contributed by atoms with Gasteiger partial charge in [-0.1, -0.05) is 35.9 Å². The van der Waals surface area contributed by atoms with E-state index in [1.807, 2.05) is 12.3 Å². The number of carbonyl (C=O) groups is 3. The first-order chi connectivity index (χ1) is 21.5. The Kier molecular flexibility index (Phi) is 15.6. The molecule has 264 valence electrons. The molecule has 0 aliphatic carbocycles. The van der Waals surface area contributed by atoms with Gasteiger partial charge in [-0.2, -0.15) is 39.5 Å². The van der Waals surface area contributed by atoms with Crippen molar-refractivity contribution in [1.82, 2.24) is 14.8 Å². The number of alkyl halides is 9. The van der Waals surface area contributed by atoms with E-state index < -0.39 is 36.4 Å². The molecule has 0 unspecified atom stereocenters. The van der Waals surface area contributed by atoms with E-state index in [9.17, 15) is 39.5 Å². The van der Waals surface area contributed by atoms with E-state index in [4.69, 9.17) is 29.7 Å². The fourth-order valence-electron chi connectivity index (χ4n) is 4.71. The highest BCUT2D eigenvalue weighted by Crippen LogP contribution is 2.40. The van der Waals surface area contributed by atoms with E-state index in [1.165, 1.54) is 68.7 Å². The molecule has 1 aromatic heterocycles. The number of aliphatic carboxylic acids is 3. The van der Waals surface area contributed by atoms with E-state index in [0.717, 1.165) is 13.1 Å². The van der Waals surface area contributed by atoms with Crippen LogP contribution < -0.4 is 0 Å². The van der Waals surface area contributed by atoms with Gasteiger partial charge in [0.1, 0.15) is 0 Å². The van der Waals surface area contributed by atoms with Crippen LogP contribution in [0.5, 0.6) is 0 Å². The van der Waals surface area contributed by atoms with Crippen molar-refractivity contribution in [3.05, 3.63) is 65.5 Å². The molecule has 0 radical (unpaired) electrons. The fraction of sp³-hybridized carbons (Fsp3) is 0.517. The first kappa shape index (κ1) is 41.1. The lowest BCUT2D eigenvalue weighted by Gasteiger charge is -2.47. The van der Waals surface area contributed by atoms with Gasteiger partial charge >= 0.3 is 36.4 Å². The summed E-state index contributed by atoms with van der Waals surface area (Å²) < 4.78 is 95.2. The highest BCUT2D eigenvalue weighted by Gasteiger charge is 2.40. The second-order valence-corrected chi connectivity index (χ2v) is 10.8. The third kappa shape index (κ3) is 16.5. The molecule has 0 bridgehead atoms. The quantitative estimate of drug-likeness (QED) is 0.323. The molecule has 1 spiro atoms. The molecule has 3 heterocycles. The molecule has 0 amide bonds. The van der Waals surface area contributed by atoms with Crippen LogP contribution in [0.2, 0.25) is 0 Å². The number of benzene rings is 1. The van der Waals surface area contributed by atoms with Crippen molar-refractivity contribution in [1.29, 1.82) is 0 Å². The molecule has 4 rings (SSSR count). The Labute approximate surface area is 263 Å². The lowest BCUT2D eigenvalue weighted by atomic mass is 9.72. The summed E-state index contributed by atoms with van der Waals surface area (Å²) in [5.74, 6) is -8.27. The lowest BCUT2D eigenvalue weighted by Crippen LogP contribution is -2.49. The third-order valence-electron chi connectivity index (χ3n) is 7.02. The van der Waals surface area contributed by atoms with Crippen molar-refractivity contribution >= 4 is 17.9 Å². The smallest absolute Gasteiger partial charge is 0.475 e. The number of aryl methyl sites for hydroxylation is 1. The zero-order valence-electron chi connectivity index (χ0n) is 25.0. The average molecular weight is 692 g/mol. The van der Waals surface area contributed by atoms with Crippen molar-refractivity contribution in [3.63, 3.8) is 0 Å². The monoisotopic (exact) mass is 691 g/mol. The highest BCUT2D eigenvalue weighted by molar-refractivity contribution is 5.73. The Morgan fingerprint density at radius 1 is 0.702 bits per heavy atom. The van der Waals surface area contributed by atoms with Gasteiger partial charge in [-0.05, 0) is 75.4 Å². The van der Waals surface area contributed by atoms with Crippen LogP contribution in [0.3, 0.4) is 0 Å². The molecule has 2 aliphatic rings. The van der Waals surface area contributed by atoms with Gasteiger partial charge in [0.2, 0.25) is 0 Å². The Morgan fingerprint density at radius 3 is 1.57 bits per heavy atom. The highest BCUT2D eigenvalue weighted by atomic mass is 19.4. The van der Waals surface area contributed by atoms with Crippen LogP contribution in [0, 0.1) is 12.3 Å². The number of piperidine rings is 2. The van der Waals surface area contributed by atoms with Crippen LogP contribution >= 0.6 is 0 Å². The number of halogens is 9. The molecule has 47 heavy (non-hydrogen) atoms. The number of likely N-dealkylation sites (tertiary alicyclic amines) is 2. The summed E-state index contributed by atoms with van der Waals surface area (Å²) in [6.45, 7) is 9.25. The molecule has 2 fully saturated rings. The van der Waals surface area contributed by atoms with Crippen molar-refractivity contribution < 1.29 is 69.2 Å². The van der Waals surface area contributed by atoms with E-state index in [2.05, 4.69) is 58.1 Å². The first-order valence-corrected chi connectivity index (χ1v) is 13.8. The van der Waals surface area contributed by atoms with Gasteiger partial charge in [-0.3, -0.25) is 14.8 Å². The van der Waals surface area contributed by atoms with E-state index in [0.29, 0.717) is 5.41 Å². The van der Waals surface area contributed by atoms with E-state index >= 15 is 0 Å². The minimum absolute atomic E-state index is 0.545. The van der Waals surface area contributed by atoms with Gasteiger partial charge in [0, 0.05) is 25.8 Å². The number of aromatic nitrogens is 1. The molecule has 3 N–H and O–H groups in total. The first-order valence-electron chi connectivity index (χ1n) is 13.8. The Hall–Kier alpha value is -3.93. The summed E-state index contributed by atoms with van der Waals surface area (Å²) in [6.07, 6.45) is -7.90. The summed E-state index contributed by atoms with van der Waals surface area (Å²) in [5, 5.41) is 21.4. The van der Waals surface area contributed by atoms with Gasteiger partial charge in [-0.25, -0.2) is 14.4 Å². The second-order valence-electron chi connectivity index (χ2n) is 10.8. The number of rotatable bonds is 4. The van der Waals surface area contributed by atoms with E-state index in [-0.39, 0.29) is 0 Å². The fourth-order valence-corrected chi connectivity index (χ4v) is 4.71. The number of nitrogens with zero attached hydrogens (tertiary/aromatic N) is 3. The largest absolute Gasteiger partial charge is 0.490 e. The molecular weight excluding hydrogens is 657 g/mol. The standard InChI is InChI=1S/C23H31N3.3C2HF3O2/c1-20-6-8-21(9-7-20)17-26-14-4-10-23(19-26)11-15-25(16-12-23)18-22-5-2-3-13-24-22;3*3-2(4,5)1(6)7/h2-3,5-9,13H,4,10-12,14-19H2,1H3;3*(H,6,7). The maximum Gasteiger partial charge on any atom is 0.490 e. The SMILES string of the molecule is Cc1ccc(CN2CCCC3(CCN(Cc4ccccn4)CC3)C2)cc1.O=C(O)C(F)(F)F.O=C(O)C(F)(F)F.O=C(O)C(F)(F)F. The zero-order valence-corrected chi connectivity index (χ0v) is 25.0. The van der Waals surface area contributed by atoms with Crippen LogP contribution in [0.4, 0.5) is 39.5 Å². The van der Waals surface area contributed by atoms with Crippen molar-refractivity contribution in [2.75, 3.05) is 26.2 Å². The topological polar surface area (TPSA) is 131 Å². The van der Waals surface area contributed by atoms with E-state index in [1.54, 1.807) is 0 Å². The van der Waals surface area contributed by atoms with Crippen LogP contribution in [-0.4, -0.2) is 92.7 Å². The Balaban J connectivity index is 0.000000430. The van der Waals surface area contributed by atoms with Crippen molar-refractivity contribution in [3.8, 4) is 0 Å². The zero-order chi connectivity index (χ0) is 36.1. The van der Waals surface area contributed by atoms with Gasteiger partial charge in [0.05, 0.1) is 5.69 Å². The second kappa shape index (κ2) is 17.8. The molecule has 1 aromatic carbocycles. The third-order valence-corrected chi connectivity index (χ3v) is 7.02. The van der Waals surface area contributed by atoms with Gasteiger partial charge in [0.25, 0.3) is 0 Å². The maximum atomic E-state index is 10.6. The van der Waals surface area contributed by atoms with Crippen LogP contribution in [-0.2, 0) is 27.5 Å². The maximum absolute atomic E-state index is 10.6. The Bertz CT molecular complexity index is 1210. The number of hydrogen-bond acceptors (Lipinski definition) is 6. The number of carboxylic acids is 3. The lowest BCUT2D eigenvalue weighted by molar-refractivity contribution is -0.193.